The van der Waals surface area contributed by atoms with Gasteiger partial charge in [0, 0.05) is 0 Å². The standard InChI is InChI=1S/C16H16INO2/c17-16(18,14-9-5-2-6-10-14)11-15(19)20-12-13-7-3-1-4-8-13/h1-10H,11-12,18H2. The number of halogens is 1. The van der Waals surface area contributed by atoms with Gasteiger partial charge in [-0.15, -0.1) is 0 Å². The molecule has 0 bridgehead atoms. The van der Waals surface area contributed by atoms with E-state index in [0.29, 0.717) is 0 Å². The fraction of sp³-hybridized carbons (Fsp3) is 0.188. The SMILES string of the molecule is NC(I)(CC(=O)OCc1ccccc1)c1ccccc1. The Labute approximate surface area is 132 Å². The first-order valence-corrected chi connectivity index (χ1v) is 7.39. The predicted molar refractivity (Wildman–Crippen MR) is 87.2 cm³/mol. The third-order valence-electron chi connectivity index (χ3n) is 2.90. The number of carbonyl (C=O) groups is 1. The quantitative estimate of drug-likeness (QED) is 0.374. The summed E-state index contributed by atoms with van der Waals surface area (Å²) in [5, 5.41) is 0. The monoisotopic (exact) mass is 381 g/mol. The number of benzene rings is 2. The van der Waals surface area contributed by atoms with Gasteiger partial charge in [0.25, 0.3) is 0 Å². The minimum absolute atomic E-state index is 0.143. The summed E-state index contributed by atoms with van der Waals surface area (Å²) >= 11 is 2.09. The second kappa shape index (κ2) is 6.85. The lowest BCUT2D eigenvalue weighted by Crippen LogP contribution is -2.32. The second-order valence-corrected chi connectivity index (χ2v) is 6.48. The van der Waals surface area contributed by atoms with Crippen LogP contribution in [0.15, 0.2) is 60.7 Å². The van der Waals surface area contributed by atoms with Crippen molar-refractivity contribution in [3.05, 3.63) is 71.8 Å². The van der Waals surface area contributed by atoms with Crippen LogP contribution in [0.4, 0.5) is 0 Å². The van der Waals surface area contributed by atoms with Crippen LogP contribution >= 0.6 is 22.6 Å². The Kier molecular flexibility index (Phi) is 5.14. The van der Waals surface area contributed by atoms with Crippen molar-refractivity contribution in [3.63, 3.8) is 0 Å². The molecule has 20 heavy (non-hydrogen) atoms. The average molecular weight is 381 g/mol. The minimum Gasteiger partial charge on any atom is -0.461 e. The molecule has 0 aliphatic heterocycles. The fourth-order valence-electron chi connectivity index (χ4n) is 1.82. The highest BCUT2D eigenvalue weighted by molar-refractivity contribution is 14.1. The second-order valence-electron chi connectivity index (χ2n) is 4.55. The predicted octanol–water partition coefficient (Wildman–Crippen LogP) is 3.37. The van der Waals surface area contributed by atoms with Gasteiger partial charge >= 0.3 is 5.97 Å². The van der Waals surface area contributed by atoms with E-state index < -0.39 is 3.55 Å². The van der Waals surface area contributed by atoms with Crippen molar-refractivity contribution in [2.45, 2.75) is 16.6 Å². The third kappa shape index (κ3) is 4.31. The van der Waals surface area contributed by atoms with Crippen LogP contribution in [0, 0.1) is 0 Å². The number of rotatable bonds is 5. The Morgan fingerprint density at radius 2 is 1.60 bits per heavy atom. The van der Waals surface area contributed by atoms with Crippen molar-refractivity contribution in [3.8, 4) is 0 Å². The first-order chi connectivity index (χ1) is 9.58. The molecule has 0 aliphatic rings. The van der Waals surface area contributed by atoms with Gasteiger partial charge in [0.15, 0.2) is 0 Å². The van der Waals surface area contributed by atoms with Crippen LogP contribution in [-0.2, 0) is 19.7 Å². The number of nitrogens with two attached hydrogens (primary N) is 1. The Bertz CT molecular complexity index is 555. The molecule has 0 spiro atoms. The number of esters is 1. The van der Waals surface area contributed by atoms with Crippen LogP contribution in [0.3, 0.4) is 0 Å². The van der Waals surface area contributed by atoms with E-state index >= 15 is 0 Å². The third-order valence-corrected chi connectivity index (χ3v) is 3.90. The topological polar surface area (TPSA) is 52.3 Å². The lowest BCUT2D eigenvalue weighted by Gasteiger charge is -2.22. The van der Waals surface area contributed by atoms with Gasteiger partial charge in [-0.3, -0.25) is 4.79 Å². The van der Waals surface area contributed by atoms with E-state index in [9.17, 15) is 4.79 Å². The molecule has 0 heterocycles. The maximum Gasteiger partial charge on any atom is 0.309 e. The highest BCUT2D eigenvalue weighted by Crippen LogP contribution is 2.29. The highest BCUT2D eigenvalue weighted by Gasteiger charge is 2.27. The molecule has 1 unspecified atom stereocenters. The van der Waals surface area contributed by atoms with Crippen molar-refractivity contribution < 1.29 is 9.53 Å². The molecule has 104 valence electrons. The van der Waals surface area contributed by atoms with Gasteiger partial charge in [0.05, 0.1) is 6.42 Å². The van der Waals surface area contributed by atoms with Gasteiger partial charge < -0.3 is 10.5 Å². The van der Waals surface area contributed by atoms with Gasteiger partial charge in [-0.2, -0.15) is 0 Å². The molecule has 2 aromatic rings. The lowest BCUT2D eigenvalue weighted by molar-refractivity contribution is -0.145. The van der Waals surface area contributed by atoms with E-state index in [-0.39, 0.29) is 19.0 Å². The molecule has 0 fully saturated rings. The van der Waals surface area contributed by atoms with Crippen LogP contribution in [0.2, 0.25) is 0 Å². The number of ether oxygens (including phenoxy) is 1. The van der Waals surface area contributed by atoms with Gasteiger partial charge in [0.2, 0.25) is 0 Å². The molecule has 3 nitrogen and oxygen atoms in total. The number of carbonyl (C=O) groups excluding carboxylic acids is 1. The van der Waals surface area contributed by atoms with Crippen LogP contribution in [0.25, 0.3) is 0 Å². The van der Waals surface area contributed by atoms with Gasteiger partial charge in [-0.25, -0.2) is 0 Å². The summed E-state index contributed by atoms with van der Waals surface area (Å²) in [6.45, 7) is 0.279. The maximum atomic E-state index is 11.9. The zero-order valence-corrected chi connectivity index (χ0v) is 13.1. The normalized spacial score (nSPS) is 13.5. The summed E-state index contributed by atoms with van der Waals surface area (Å²) in [7, 11) is 0. The van der Waals surface area contributed by atoms with Crippen molar-refractivity contribution in [1.29, 1.82) is 0 Å². The van der Waals surface area contributed by atoms with Gasteiger partial charge in [-0.1, -0.05) is 83.3 Å². The Balaban J connectivity index is 1.91. The van der Waals surface area contributed by atoms with Gasteiger partial charge in [0.1, 0.15) is 10.2 Å². The van der Waals surface area contributed by atoms with Crippen LogP contribution < -0.4 is 5.73 Å². The molecule has 1 atom stereocenters. The van der Waals surface area contributed by atoms with Gasteiger partial charge in [-0.05, 0) is 11.1 Å². The molecule has 0 aliphatic carbocycles. The Morgan fingerprint density at radius 3 is 2.20 bits per heavy atom. The van der Waals surface area contributed by atoms with E-state index in [1.165, 1.54) is 0 Å². The van der Waals surface area contributed by atoms with Crippen LogP contribution in [0.1, 0.15) is 17.5 Å². The zero-order chi connectivity index (χ0) is 14.4. The van der Waals surface area contributed by atoms with Crippen LogP contribution in [-0.4, -0.2) is 5.97 Å². The van der Waals surface area contributed by atoms with Crippen molar-refractivity contribution in [2.75, 3.05) is 0 Å². The molecule has 0 amide bonds. The summed E-state index contributed by atoms with van der Waals surface area (Å²) in [5.74, 6) is -0.297. The summed E-state index contributed by atoms with van der Waals surface area (Å²) in [4.78, 5) is 11.9. The first kappa shape index (κ1) is 15.0. The molecular formula is C16H16INO2. The molecule has 0 saturated heterocycles. The molecule has 0 saturated carbocycles. The first-order valence-electron chi connectivity index (χ1n) is 6.31. The highest BCUT2D eigenvalue weighted by atomic mass is 127. The molecule has 2 N–H and O–H groups in total. The fourth-order valence-corrected chi connectivity index (χ4v) is 2.49. The Morgan fingerprint density at radius 1 is 1.05 bits per heavy atom. The average Bonchev–Trinajstić information content (AvgIpc) is 2.47. The summed E-state index contributed by atoms with van der Waals surface area (Å²) in [6.07, 6.45) is 0.143. The summed E-state index contributed by atoms with van der Waals surface area (Å²) in [6, 6.07) is 19.2. The minimum atomic E-state index is -0.743. The zero-order valence-electron chi connectivity index (χ0n) is 11.0. The van der Waals surface area contributed by atoms with E-state index in [1.807, 2.05) is 60.7 Å². The number of hydrogen-bond donors (Lipinski definition) is 1. The Hall–Kier alpha value is -1.40. The molecular weight excluding hydrogens is 365 g/mol. The van der Waals surface area contributed by atoms with Crippen LogP contribution in [0.5, 0.6) is 0 Å². The smallest absolute Gasteiger partial charge is 0.309 e. The largest absolute Gasteiger partial charge is 0.461 e. The number of hydrogen-bond acceptors (Lipinski definition) is 3. The maximum absolute atomic E-state index is 11.9. The summed E-state index contributed by atoms with van der Waals surface area (Å²) in [5.41, 5.74) is 8.08. The molecule has 0 radical (unpaired) electrons. The van der Waals surface area contributed by atoms with E-state index in [1.54, 1.807) is 0 Å². The number of alkyl halides is 1. The molecule has 4 heteroatoms. The van der Waals surface area contributed by atoms with E-state index in [0.717, 1.165) is 11.1 Å². The van der Waals surface area contributed by atoms with Crippen molar-refractivity contribution >= 4 is 28.6 Å². The van der Waals surface area contributed by atoms with Crippen molar-refractivity contribution in [1.82, 2.24) is 0 Å². The molecule has 0 aromatic heterocycles. The lowest BCUT2D eigenvalue weighted by atomic mass is 10.1. The van der Waals surface area contributed by atoms with E-state index in [4.69, 9.17) is 10.5 Å². The van der Waals surface area contributed by atoms with E-state index in [2.05, 4.69) is 22.6 Å². The van der Waals surface area contributed by atoms with Crippen molar-refractivity contribution in [2.24, 2.45) is 5.73 Å². The molecule has 2 rings (SSSR count). The summed E-state index contributed by atoms with van der Waals surface area (Å²) < 4.78 is 4.52. The molecule has 2 aromatic carbocycles.